The van der Waals surface area contributed by atoms with Crippen molar-refractivity contribution in [3.05, 3.63) is 71.3 Å². The first-order valence-electron chi connectivity index (χ1n) is 10.9. The number of carbonyl (C=O) groups is 2. The van der Waals surface area contributed by atoms with Gasteiger partial charge in [0.15, 0.2) is 0 Å². The Kier molecular flexibility index (Phi) is 9.13. The van der Waals surface area contributed by atoms with Crippen LogP contribution in [-0.2, 0) is 27.3 Å². The maximum absolute atomic E-state index is 12.0. The summed E-state index contributed by atoms with van der Waals surface area (Å²) in [4.78, 5) is 27.5. The highest BCUT2D eigenvalue weighted by atomic mass is 32.2. The SMILES string of the molecule is COC(=O)c1ccc(CN(CCC(c2ccccc2)N2CCN(C(C)=O)CC2)S(=O)[O-])cc1. The van der Waals surface area contributed by atoms with Crippen LogP contribution >= 0.6 is 0 Å². The third kappa shape index (κ3) is 6.94. The van der Waals surface area contributed by atoms with E-state index in [4.69, 9.17) is 4.74 Å². The van der Waals surface area contributed by atoms with Crippen molar-refractivity contribution >= 4 is 23.1 Å². The lowest BCUT2D eigenvalue weighted by Crippen LogP contribution is -2.49. The number of ether oxygens (including phenoxy) is 1. The molecule has 0 bridgehead atoms. The number of hydrogen-bond acceptors (Lipinski definition) is 6. The second kappa shape index (κ2) is 12.0. The first kappa shape index (κ1) is 25.0. The molecule has 2 aromatic rings. The standard InChI is InChI=1S/C24H31N3O5S/c1-19(28)25-14-16-26(17-15-25)23(21-6-4-3-5-7-21)12-13-27(33(30)31)18-20-8-10-22(11-9-20)24(29)32-2/h3-11,23H,12-18H2,1-2H3,(H,30,31)/p-1. The molecule has 0 spiro atoms. The molecule has 33 heavy (non-hydrogen) atoms. The number of carbonyl (C=O) groups excluding carboxylic acids is 2. The zero-order valence-corrected chi connectivity index (χ0v) is 19.8. The van der Waals surface area contributed by atoms with Crippen molar-refractivity contribution in [2.75, 3.05) is 39.8 Å². The van der Waals surface area contributed by atoms with Crippen molar-refractivity contribution in [3.63, 3.8) is 0 Å². The van der Waals surface area contributed by atoms with Crippen LogP contribution < -0.4 is 0 Å². The maximum atomic E-state index is 12.0. The van der Waals surface area contributed by atoms with E-state index in [1.165, 1.54) is 11.4 Å². The van der Waals surface area contributed by atoms with Crippen molar-refractivity contribution in [3.8, 4) is 0 Å². The lowest BCUT2D eigenvalue weighted by molar-refractivity contribution is -0.130. The van der Waals surface area contributed by atoms with Crippen LogP contribution in [0.2, 0.25) is 0 Å². The van der Waals surface area contributed by atoms with Gasteiger partial charge in [-0.05, 0) is 29.7 Å². The maximum Gasteiger partial charge on any atom is 0.337 e. The summed E-state index contributed by atoms with van der Waals surface area (Å²) in [6.45, 7) is 4.98. The topological polar surface area (TPSA) is 93.2 Å². The van der Waals surface area contributed by atoms with Crippen molar-refractivity contribution in [2.45, 2.75) is 25.9 Å². The summed E-state index contributed by atoms with van der Waals surface area (Å²) >= 11 is -2.39. The molecule has 1 amide bonds. The van der Waals surface area contributed by atoms with E-state index in [1.54, 1.807) is 31.2 Å². The second-order valence-electron chi connectivity index (χ2n) is 8.03. The smallest absolute Gasteiger partial charge is 0.337 e. The highest BCUT2D eigenvalue weighted by Gasteiger charge is 2.26. The molecule has 1 aliphatic heterocycles. The summed E-state index contributed by atoms with van der Waals surface area (Å²) in [5.74, 6) is -0.349. The Morgan fingerprint density at radius 1 is 1.06 bits per heavy atom. The zero-order chi connectivity index (χ0) is 23.8. The molecule has 1 aliphatic rings. The molecule has 3 rings (SSSR count). The van der Waals surface area contributed by atoms with Crippen molar-refractivity contribution in [1.29, 1.82) is 0 Å². The third-order valence-electron chi connectivity index (χ3n) is 5.98. The number of piperazine rings is 1. The molecule has 2 unspecified atom stereocenters. The minimum absolute atomic E-state index is 0.0491. The molecule has 0 aliphatic carbocycles. The van der Waals surface area contributed by atoms with Crippen molar-refractivity contribution in [2.24, 2.45) is 0 Å². The summed E-state index contributed by atoms with van der Waals surface area (Å²) in [5, 5.41) is 0. The fraction of sp³-hybridized carbons (Fsp3) is 0.417. The van der Waals surface area contributed by atoms with Crippen molar-refractivity contribution < 1.29 is 23.1 Å². The average Bonchev–Trinajstić information content (AvgIpc) is 2.84. The molecule has 2 atom stereocenters. The Balaban J connectivity index is 1.69. The van der Waals surface area contributed by atoms with Gasteiger partial charge < -0.3 is 14.2 Å². The van der Waals surface area contributed by atoms with Gasteiger partial charge in [-0.3, -0.25) is 13.9 Å². The van der Waals surface area contributed by atoms with Crippen molar-refractivity contribution in [1.82, 2.24) is 14.1 Å². The highest BCUT2D eigenvalue weighted by molar-refractivity contribution is 7.76. The number of esters is 1. The summed E-state index contributed by atoms with van der Waals surface area (Å²) < 4.78 is 30.0. The third-order valence-corrected chi connectivity index (χ3v) is 6.71. The Bertz CT molecular complexity index is 946. The summed E-state index contributed by atoms with van der Waals surface area (Å²) in [5.41, 5.74) is 2.34. The lowest BCUT2D eigenvalue weighted by atomic mass is 10.0. The predicted molar refractivity (Wildman–Crippen MR) is 125 cm³/mol. The Morgan fingerprint density at radius 3 is 2.24 bits per heavy atom. The molecular weight excluding hydrogens is 442 g/mol. The van der Waals surface area contributed by atoms with Crippen LogP contribution in [0.3, 0.4) is 0 Å². The van der Waals surface area contributed by atoms with E-state index in [2.05, 4.69) is 17.0 Å². The van der Waals surface area contributed by atoms with Crippen LogP contribution in [0.1, 0.15) is 40.9 Å². The van der Waals surface area contributed by atoms with Gasteiger partial charge in [0.2, 0.25) is 5.91 Å². The Hall–Kier alpha value is -2.59. The van der Waals surface area contributed by atoms with Gasteiger partial charge in [0.1, 0.15) is 0 Å². The predicted octanol–water partition coefficient (Wildman–Crippen LogP) is 2.36. The van der Waals surface area contributed by atoms with Gasteiger partial charge >= 0.3 is 5.97 Å². The van der Waals surface area contributed by atoms with Crippen LogP contribution in [0.25, 0.3) is 0 Å². The van der Waals surface area contributed by atoms with Gasteiger partial charge in [0, 0.05) is 63.5 Å². The van der Waals surface area contributed by atoms with Crippen LogP contribution in [0.5, 0.6) is 0 Å². The first-order valence-corrected chi connectivity index (χ1v) is 12.0. The van der Waals surface area contributed by atoms with Gasteiger partial charge in [0.25, 0.3) is 0 Å². The van der Waals surface area contributed by atoms with E-state index < -0.39 is 17.2 Å². The second-order valence-corrected chi connectivity index (χ2v) is 8.98. The number of amides is 1. The molecule has 8 nitrogen and oxygen atoms in total. The molecular formula is C24H30N3O5S-. The van der Waals surface area contributed by atoms with E-state index in [1.807, 2.05) is 23.1 Å². The van der Waals surface area contributed by atoms with Crippen LogP contribution in [0.4, 0.5) is 0 Å². The molecule has 0 aromatic heterocycles. The molecule has 1 fully saturated rings. The fourth-order valence-corrected chi connectivity index (χ4v) is 4.63. The van der Waals surface area contributed by atoms with Gasteiger partial charge in [-0.2, -0.15) is 0 Å². The van der Waals surface area contributed by atoms with Gasteiger partial charge in [0.05, 0.1) is 12.7 Å². The van der Waals surface area contributed by atoms with Crippen LogP contribution in [0, 0.1) is 0 Å². The normalized spacial score (nSPS) is 16.4. The molecule has 0 saturated carbocycles. The number of benzene rings is 2. The average molecular weight is 473 g/mol. The summed E-state index contributed by atoms with van der Waals surface area (Å²) in [6, 6.07) is 16.9. The molecule has 9 heteroatoms. The van der Waals surface area contributed by atoms with E-state index in [9.17, 15) is 18.4 Å². The number of hydrogen-bond donors (Lipinski definition) is 0. The minimum Gasteiger partial charge on any atom is -0.760 e. The summed E-state index contributed by atoms with van der Waals surface area (Å²) in [6.07, 6.45) is 0.623. The van der Waals surface area contributed by atoms with E-state index >= 15 is 0 Å². The lowest BCUT2D eigenvalue weighted by Gasteiger charge is -2.40. The Labute approximate surface area is 197 Å². The van der Waals surface area contributed by atoms with Crippen LogP contribution in [-0.4, -0.2) is 74.6 Å². The zero-order valence-electron chi connectivity index (χ0n) is 19.0. The van der Waals surface area contributed by atoms with E-state index in [0.29, 0.717) is 31.6 Å². The van der Waals surface area contributed by atoms with Crippen LogP contribution in [0.15, 0.2) is 54.6 Å². The molecule has 0 radical (unpaired) electrons. The quantitative estimate of drug-likeness (QED) is 0.411. The van der Waals surface area contributed by atoms with Gasteiger partial charge in [-0.25, -0.2) is 9.10 Å². The monoisotopic (exact) mass is 472 g/mol. The van der Waals surface area contributed by atoms with Gasteiger partial charge in [-0.1, -0.05) is 42.5 Å². The first-order chi connectivity index (χ1) is 15.9. The molecule has 178 valence electrons. The molecule has 1 heterocycles. The number of nitrogens with zero attached hydrogens (tertiary/aromatic N) is 3. The highest BCUT2D eigenvalue weighted by Crippen LogP contribution is 2.26. The summed E-state index contributed by atoms with van der Waals surface area (Å²) in [7, 11) is 1.32. The Morgan fingerprint density at radius 2 is 1.70 bits per heavy atom. The minimum atomic E-state index is -2.39. The largest absolute Gasteiger partial charge is 0.760 e. The van der Waals surface area contributed by atoms with Gasteiger partial charge in [-0.15, -0.1) is 0 Å². The van der Waals surface area contributed by atoms with E-state index in [0.717, 1.165) is 24.2 Å². The van der Waals surface area contributed by atoms with E-state index in [-0.39, 0.29) is 18.5 Å². The number of methoxy groups -OCH3 is 1. The number of rotatable bonds is 9. The molecule has 2 aromatic carbocycles. The fourth-order valence-electron chi connectivity index (χ4n) is 4.12. The molecule has 0 N–H and O–H groups in total. The molecule has 1 saturated heterocycles.